The third-order valence-corrected chi connectivity index (χ3v) is 4.06. The second-order valence-electron chi connectivity index (χ2n) is 4.12. The Kier molecular flexibility index (Phi) is 4.87. The summed E-state index contributed by atoms with van der Waals surface area (Å²) in [6.07, 6.45) is 2.24. The van der Waals surface area contributed by atoms with E-state index in [1.165, 1.54) is 4.90 Å². The van der Waals surface area contributed by atoms with Gasteiger partial charge in [-0.15, -0.1) is 11.8 Å². The lowest BCUT2D eigenvalue weighted by atomic mass is 10.0. The molecule has 0 spiro atoms. The molecule has 0 bridgehead atoms. The van der Waals surface area contributed by atoms with Crippen molar-refractivity contribution >= 4 is 27.7 Å². The molecule has 0 heterocycles. The Morgan fingerprint density at radius 3 is 2.50 bits per heavy atom. The molecule has 0 saturated carbocycles. The molecule has 0 saturated heterocycles. The van der Waals surface area contributed by atoms with Crippen LogP contribution in [0.15, 0.2) is 57.9 Å². The van der Waals surface area contributed by atoms with E-state index in [4.69, 9.17) is 0 Å². The minimum Gasteiger partial charge on any atom is -0.388 e. The molecule has 3 heteroatoms. The van der Waals surface area contributed by atoms with Gasteiger partial charge in [0.2, 0.25) is 0 Å². The van der Waals surface area contributed by atoms with Gasteiger partial charge < -0.3 is 5.11 Å². The fourth-order valence-electron chi connectivity index (χ4n) is 1.83. The summed E-state index contributed by atoms with van der Waals surface area (Å²) in [4.78, 5) is 1.22. The summed E-state index contributed by atoms with van der Waals surface area (Å²) in [7, 11) is 0. The monoisotopic (exact) mass is 322 g/mol. The Morgan fingerprint density at radius 1 is 1.17 bits per heavy atom. The van der Waals surface area contributed by atoms with E-state index in [9.17, 15) is 5.11 Å². The number of rotatable bonds is 4. The zero-order valence-electron chi connectivity index (χ0n) is 10.1. The lowest BCUT2D eigenvalue weighted by Crippen LogP contribution is -2.01. The van der Waals surface area contributed by atoms with Gasteiger partial charge in [0.05, 0.1) is 6.10 Å². The van der Waals surface area contributed by atoms with Gasteiger partial charge in [0.15, 0.2) is 0 Å². The lowest BCUT2D eigenvalue weighted by Gasteiger charge is -2.11. The van der Waals surface area contributed by atoms with Crippen LogP contribution in [-0.2, 0) is 6.42 Å². The summed E-state index contributed by atoms with van der Waals surface area (Å²) >= 11 is 5.15. The Balaban J connectivity index is 2.09. The molecule has 1 unspecified atom stereocenters. The van der Waals surface area contributed by atoms with Crippen LogP contribution in [0.2, 0.25) is 0 Å². The van der Waals surface area contributed by atoms with E-state index in [2.05, 4.69) is 15.9 Å². The van der Waals surface area contributed by atoms with E-state index in [1.807, 2.05) is 54.8 Å². The predicted molar refractivity (Wildman–Crippen MR) is 81.0 cm³/mol. The molecule has 0 aliphatic heterocycles. The Hall–Kier alpha value is -0.770. The zero-order chi connectivity index (χ0) is 13.0. The van der Waals surface area contributed by atoms with Crippen LogP contribution < -0.4 is 0 Å². The van der Waals surface area contributed by atoms with Crippen LogP contribution in [-0.4, -0.2) is 11.4 Å². The molecule has 1 atom stereocenters. The molecule has 94 valence electrons. The van der Waals surface area contributed by atoms with Crippen LogP contribution in [0, 0.1) is 0 Å². The molecule has 0 aromatic heterocycles. The van der Waals surface area contributed by atoms with Gasteiger partial charge in [-0.25, -0.2) is 0 Å². The molecule has 18 heavy (non-hydrogen) atoms. The highest BCUT2D eigenvalue weighted by Gasteiger charge is 2.08. The van der Waals surface area contributed by atoms with Crippen molar-refractivity contribution in [2.24, 2.45) is 0 Å². The standard InChI is InChI=1S/C15H15BrOS/c1-18-14-7-5-12(6-8-14)15(17)10-11-3-2-4-13(16)9-11/h2-9,15,17H,10H2,1H3. The highest BCUT2D eigenvalue weighted by atomic mass is 79.9. The van der Waals surface area contributed by atoms with Crippen molar-refractivity contribution in [1.29, 1.82) is 0 Å². The number of aliphatic hydroxyl groups is 1. The quantitative estimate of drug-likeness (QED) is 0.839. The molecule has 0 fully saturated rings. The van der Waals surface area contributed by atoms with E-state index in [1.54, 1.807) is 11.8 Å². The van der Waals surface area contributed by atoms with E-state index >= 15 is 0 Å². The minimum atomic E-state index is -0.449. The Morgan fingerprint density at radius 2 is 1.89 bits per heavy atom. The molecule has 0 aliphatic rings. The first kappa shape index (κ1) is 13.7. The summed E-state index contributed by atoms with van der Waals surface area (Å²) in [5.41, 5.74) is 2.10. The first-order valence-electron chi connectivity index (χ1n) is 5.75. The zero-order valence-corrected chi connectivity index (χ0v) is 12.5. The third kappa shape index (κ3) is 3.61. The second-order valence-corrected chi connectivity index (χ2v) is 5.92. The van der Waals surface area contributed by atoms with Crippen molar-refractivity contribution in [3.63, 3.8) is 0 Å². The Labute approximate surface area is 120 Å². The molecule has 0 aliphatic carbocycles. The number of aliphatic hydroxyl groups excluding tert-OH is 1. The normalized spacial score (nSPS) is 12.4. The molecular formula is C15H15BrOS. The van der Waals surface area contributed by atoms with E-state index in [-0.39, 0.29) is 0 Å². The molecule has 1 N–H and O–H groups in total. The summed E-state index contributed by atoms with van der Waals surface area (Å²) in [5.74, 6) is 0. The number of halogens is 1. The smallest absolute Gasteiger partial charge is 0.0830 e. The van der Waals surface area contributed by atoms with Crippen molar-refractivity contribution < 1.29 is 5.11 Å². The first-order valence-corrected chi connectivity index (χ1v) is 7.77. The van der Waals surface area contributed by atoms with Gasteiger partial charge in [-0.05, 0) is 41.6 Å². The SMILES string of the molecule is CSc1ccc(C(O)Cc2cccc(Br)c2)cc1. The topological polar surface area (TPSA) is 20.2 Å². The molecule has 2 aromatic carbocycles. The van der Waals surface area contributed by atoms with Gasteiger partial charge in [-0.3, -0.25) is 0 Å². The first-order chi connectivity index (χ1) is 8.69. The minimum absolute atomic E-state index is 0.449. The van der Waals surface area contributed by atoms with Crippen LogP contribution in [0.25, 0.3) is 0 Å². The number of hydrogen-bond acceptors (Lipinski definition) is 2. The van der Waals surface area contributed by atoms with Gasteiger partial charge in [0.1, 0.15) is 0 Å². The van der Waals surface area contributed by atoms with Crippen molar-refractivity contribution in [2.45, 2.75) is 17.4 Å². The van der Waals surface area contributed by atoms with Crippen LogP contribution >= 0.6 is 27.7 Å². The number of thioether (sulfide) groups is 1. The molecule has 0 radical (unpaired) electrons. The van der Waals surface area contributed by atoms with Crippen molar-refractivity contribution in [3.05, 3.63) is 64.1 Å². The van der Waals surface area contributed by atoms with Gasteiger partial charge in [0, 0.05) is 15.8 Å². The third-order valence-electron chi connectivity index (χ3n) is 2.82. The van der Waals surface area contributed by atoms with Gasteiger partial charge in [-0.2, -0.15) is 0 Å². The van der Waals surface area contributed by atoms with E-state index in [0.717, 1.165) is 15.6 Å². The number of hydrogen-bond donors (Lipinski definition) is 1. The van der Waals surface area contributed by atoms with Crippen LogP contribution in [0.4, 0.5) is 0 Å². The predicted octanol–water partition coefficient (Wildman–Crippen LogP) is 4.45. The summed E-state index contributed by atoms with van der Waals surface area (Å²) < 4.78 is 1.05. The van der Waals surface area contributed by atoms with Crippen LogP contribution in [0.1, 0.15) is 17.2 Å². The largest absolute Gasteiger partial charge is 0.388 e. The van der Waals surface area contributed by atoms with Crippen LogP contribution in [0.3, 0.4) is 0 Å². The fourth-order valence-corrected chi connectivity index (χ4v) is 2.69. The van der Waals surface area contributed by atoms with E-state index in [0.29, 0.717) is 6.42 Å². The van der Waals surface area contributed by atoms with Gasteiger partial charge >= 0.3 is 0 Å². The highest BCUT2D eigenvalue weighted by molar-refractivity contribution is 9.10. The maximum atomic E-state index is 10.2. The van der Waals surface area contributed by atoms with E-state index < -0.39 is 6.10 Å². The molecule has 2 aromatic rings. The summed E-state index contributed by atoms with van der Waals surface area (Å²) in [6, 6.07) is 16.1. The number of benzene rings is 2. The highest BCUT2D eigenvalue weighted by Crippen LogP contribution is 2.23. The molecule has 0 amide bonds. The molecule has 2 rings (SSSR count). The van der Waals surface area contributed by atoms with Crippen molar-refractivity contribution in [3.8, 4) is 0 Å². The average Bonchev–Trinajstić information content (AvgIpc) is 2.39. The molecular weight excluding hydrogens is 308 g/mol. The lowest BCUT2D eigenvalue weighted by molar-refractivity contribution is 0.178. The van der Waals surface area contributed by atoms with Gasteiger partial charge in [0.25, 0.3) is 0 Å². The Bertz CT molecular complexity index is 510. The van der Waals surface area contributed by atoms with Crippen molar-refractivity contribution in [2.75, 3.05) is 6.26 Å². The maximum absolute atomic E-state index is 10.2. The summed E-state index contributed by atoms with van der Waals surface area (Å²) in [6.45, 7) is 0. The fraction of sp³-hybridized carbons (Fsp3) is 0.200. The van der Waals surface area contributed by atoms with Crippen LogP contribution in [0.5, 0.6) is 0 Å². The van der Waals surface area contributed by atoms with Gasteiger partial charge in [-0.1, -0.05) is 40.2 Å². The average molecular weight is 323 g/mol. The van der Waals surface area contributed by atoms with Crippen molar-refractivity contribution in [1.82, 2.24) is 0 Å². The second kappa shape index (κ2) is 6.41. The summed E-state index contributed by atoms with van der Waals surface area (Å²) in [5, 5.41) is 10.2. The molecule has 1 nitrogen and oxygen atoms in total. The maximum Gasteiger partial charge on any atom is 0.0830 e.